The highest BCUT2D eigenvalue weighted by molar-refractivity contribution is 6.51. The van der Waals surface area contributed by atoms with Crippen LogP contribution in [0.15, 0.2) is 78.4 Å². The van der Waals surface area contributed by atoms with Crippen molar-refractivity contribution in [1.29, 1.82) is 0 Å². The number of benzene rings is 3. The standard InChI is InChI=1S/C28H28N2O3/c1-5-19-9-11-21(12-10-19)26(31)24-25(20-13-15-22(16-14-20)29(3)4)30(28(33)27(24)32)23-8-6-7-18(2)17-23/h6-17,25,31H,5H2,1-4H3/b26-24+. The summed E-state index contributed by atoms with van der Waals surface area (Å²) in [7, 11) is 3.90. The molecule has 0 aromatic heterocycles. The van der Waals surface area contributed by atoms with Crippen LogP contribution in [0.3, 0.4) is 0 Å². The summed E-state index contributed by atoms with van der Waals surface area (Å²) in [6, 6.07) is 21.9. The van der Waals surface area contributed by atoms with Gasteiger partial charge in [-0.2, -0.15) is 0 Å². The van der Waals surface area contributed by atoms with Gasteiger partial charge in [-0.25, -0.2) is 0 Å². The number of carbonyl (C=O) groups excluding carboxylic acids is 2. The van der Waals surface area contributed by atoms with Crippen LogP contribution in [-0.4, -0.2) is 30.9 Å². The average molecular weight is 441 g/mol. The zero-order chi connectivity index (χ0) is 23.7. The predicted molar refractivity (Wildman–Crippen MR) is 133 cm³/mol. The zero-order valence-corrected chi connectivity index (χ0v) is 19.4. The number of amides is 1. The summed E-state index contributed by atoms with van der Waals surface area (Å²) < 4.78 is 0. The molecular formula is C28H28N2O3. The van der Waals surface area contributed by atoms with Gasteiger partial charge in [0.15, 0.2) is 0 Å². The van der Waals surface area contributed by atoms with Crippen LogP contribution in [0.4, 0.5) is 11.4 Å². The number of rotatable bonds is 5. The molecule has 4 rings (SSSR count). The molecule has 168 valence electrons. The largest absolute Gasteiger partial charge is 0.507 e. The Balaban J connectivity index is 1.91. The minimum Gasteiger partial charge on any atom is -0.507 e. The van der Waals surface area contributed by atoms with Gasteiger partial charge >= 0.3 is 0 Å². The summed E-state index contributed by atoms with van der Waals surface area (Å²) in [5.74, 6) is -1.49. The first-order valence-electron chi connectivity index (χ1n) is 11.1. The predicted octanol–water partition coefficient (Wildman–Crippen LogP) is 5.25. The minimum absolute atomic E-state index is 0.100. The lowest BCUT2D eigenvalue weighted by molar-refractivity contribution is -0.132. The SMILES string of the molecule is CCc1ccc(/C(O)=C2\C(=O)C(=O)N(c3cccc(C)c3)C2c2ccc(N(C)C)cc2)cc1. The number of Topliss-reactive ketones (excluding diaryl/α,β-unsaturated/α-hetero) is 1. The minimum atomic E-state index is -0.728. The first kappa shape index (κ1) is 22.3. The summed E-state index contributed by atoms with van der Waals surface area (Å²) >= 11 is 0. The molecule has 1 heterocycles. The Morgan fingerprint density at radius 1 is 0.970 bits per heavy atom. The third-order valence-corrected chi connectivity index (χ3v) is 6.09. The van der Waals surface area contributed by atoms with Crippen LogP contribution in [0.5, 0.6) is 0 Å². The Bertz CT molecular complexity index is 1220. The van der Waals surface area contributed by atoms with E-state index in [-0.39, 0.29) is 11.3 Å². The number of hydrogen-bond acceptors (Lipinski definition) is 4. The third-order valence-electron chi connectivity index (χ3n) is 6.09. The van der Waals surface area contributed by atoms with Crippen molar-refractivity contribution in [1.82, 2.24) is 0 Å². The highest BCUT2D eigenvalue weighted by Gasteiger charge is 2.47. The number of anilines is 2. The molecule has 1 atom stereocenters. The van der Waals surface area contributed by atoms with E-state index in [2.05, 4.69) is 6.92 Å². The van der Waals surface area contributed by atoms with Gasteiger partial charge in [0.1, 0.15) is 5.76 Å². The smallest absolute Gasteiger partial charge is 0.300 e. The maximum absolute atomic E-state index is 13.3. The number of aryl methyl sites for hydroxylation is 2. The molecule has 1 aliphatic rings. The van der Waals surface area contributed by atoms with Gasteiger partial charge in [0, 0.05) is 31.0 Å². The molecule has 5 heteroatoms. The Kier molecular flexibility index (Phi) is 6.05. The van der Waals surface area contributed by atoms with Crippen LogP contribution in [0, 0.1) is 6.92 Å². The summed E-state index contributed by atoms with van der Waals surface area (Å²) in [6.45, 7) is 4.00. The van der Waals surface area contributed by atoms with E-state index in [0.29, 0.717) is 11.3 Å². The molecule has 1 amide bonds. The van der Waals surface area contributed by atoms with E-state index >= 15 is 0 Å². The van der Waals surface area contributed by atoms with Crippen molar-refractivity contribution in [2.45, 2.75) is 26.3 Å². The van der Waals surface area contributed by atoms with Crippen molar-refractivity contribution in [3.05, 3.63) is 101 Å². The average Bonchev–Trinajstić information content (AvgIpc) is 3.09. The second-order valence-corrected chi connectivity index (χ2v) is 8.54. The van der Waals surface area contributed by atoms with Crippen LogP contribution in [0.25, 0.3) is 5.76 Å². The molecule has 1 N–H and O–H groups in total. The van der Waals surface area contributed by atoms with E-state index in [1.54, 1.807) is 12.1 Å². The van der Waals surface area contributed by atoms with E-state index in [1.807, 2.05) is 86.6 Å². The number of aliphatic hydroxyl groups is 1. The molecule has 33 heavy (non-hydrogen) atoms. The molecule has 1 unspecified atom stereocenters. The lowest BCUT2D eigenvalue weighted by atomic mass is 9.94. The van der Waals surface area contributed by atoms with Gasteiger partial charge in [0.25, 0.3) is 11.7 Å². The summed E-state index contributed by atoms with van der Waals surface area (Å²) in [6.07, 6.45) is 0.872. The van der Waals surface area contributed by atoms with E-state index in [9.17, 15) is 14.7 Å². The van der Waals surface area contributed by atoms with Crippen molar-refractivity contribution in [2.24, 2.45) is 0 Å². The maximum Gasteiger partial charge on any atom is 0.300 e. The normalized spacial score (nSPS) is 17.5. The lowest BCUT2D eigenvalue weighted by Crippen LogP contribution is -2.29. The van der Waals surface area contributed by atoms with Gasteiger partial charge in [0.2, 0.25) is 0 Å². The Morgan fingerprint density at radius 3 is 2.21 bits per heavy atom. The molecule has 0 bridgehead atoms. The van der Waals surface area contributed by atoms with Crippen LogP contribution >= 0.6 is 0 Å². The molecule has 3 aromatic carbocycles. The van der Waals surface area contributed by atoms with E-state index in [0.717, 1.165) is 28.8 Å². The van der Waals surface area contributed by atoms with Crippen molar-refractivity contribution in [3.8, 4) is 0 Å². The van der Waals surface area contributed by atoms with Gasteiger partial charge in [-0.1, -0.05) is 55.5 Å². The second kappa shape index (κ2) is 8.94. The highest BCUT2D eigenvalue weighted by atomic mass is 16.3. The van der Waals surface area contributed by atoms with Gasteiger partial charge in [-0.05, 0) is 54.3 Å². The van der Waals surface area contributed by atoms with E-state index < -0.39 is 17.7 Å². The maximum atomic E-state index is 13.3. The fourth-order valence-corrected chi connectivity index (χ4v) is 4.20. The summed E-state index contributed by atoms with van der Waals surface area (Å²) in [5.41, 5.74) is 5.11. The van der Waals surface area contributed by atoms with Crippen LogP contribution in [0.2, 0.25) is 0 Å². The number of ketones is 1. The Hall–Kier alpha value is -3.86. The van der Waals surface area contributed by atoms with Crippen molar-refractivity contribution in [2.75, 3.05) is 23.9 Å². The molecule has 5 nitrogen and oxygen atoms in total. The summed E-state index contributed by atoms with van der Waals surface area (Å²) in [5, 5.41) is 11.2. The van der Waals surface area contributed by atoms with Gasteiger partial charge in [-0.15, -0.1) is 0 Å². The van der Waals surface area contributed by atoms with E-state index in [4.69, 9.17) is 0 Å². The zero-order valence-electron chi connectivity index (χ0n) is 19.4. The topological polar surface area (TPSA) is 60.9 Å². The van der Waals surface area contributed by atoms with Gasteiger partial charge in [-0.3, -0.25) is 14.5 Å². The van der Waals surface area contributed by atoms with Crippen LogP contribution in [0.1, 0.15) is 35.2 Å². The number of hydrogen-bond donors (Lipinski definition) is 1. The Morgan fingerprint density at radius 2 is 1.64 bits per heavy atom. The van der Waals surface area contributed by atoms with Gasteiger partial charge in [0.05, 0.1) is 11.6 Å². The Labute approximate surface area is 194 Å². The first-order valence-corrected chi connectivity index (χ1v) is 11.1. The lowest BCUT2D eigenvalue weighted by Gasteiger charge is -2.26. The molecule has 1 aliphatic heterocycles. The van der Waals surface area contributed by atoms with Crippen LogP contribution < -0.4 is 9.80 Å². The molecule has 0 saturated carbocycles. The molecule has 1 fully saturated rings. The van der Waals surface area contributed by atoms with Crippen molar-refractivity contribution < 1.29 is 14.7 Å². The fraction of sp³-hybridized carbons (Fsp3) is 0.214. The molecule has 0 spiro atoms. The van der Waals surface area contributed by atoms with E-state index in [1.165, 1.54) is 4.90 Å². The second-order valence-electron chi connectivity index (χ2n) is 8.54. The fourth-order valence-electron chi connectivity index (χ4n) is 4.20. The molecule has 0 radical (unpaired) electrons. The molecule has 1 saturated heterocycles. The number of carbonyl (C=O) groups is 2. The third kappa shape index (κ3) is 4.14. The quantitative estimate of drug-likeness (QED) is 0.334. The first-order chi connectivity index (χ1) is 15.8. The number of nitrogens with zero attached hydrogens (tertiary/aromatic N) is 2. The van der Waals surface area contributed by atoms with Crippen LogP contribution in [-0.2, 0) is 16.0 Å². The van der Waals surface area contributed by atoms with Crippen molar-refractivity contribution >= 4 is 28.8 Å². The molecule has 0 aliphatic carbocycles. The molecular weight excluding hydrogens is 412 g/mol. The monoisotopic (exact) mass is 440 g/mol. The number of aliphatic hydroxyl groups excluding tert-OH is 1. The molecule has 3 aromatic rings. The van der Waals surface area contributed by atoms with Crippen molar-refractivity contribution in [3.63, 3.8) is 0 Å². The summed E-state index contributed by atoms with van der Waals surface area (Å²) in [4.78, 5) is 30.0. The van der Waals surface area contributed by atoms with Gasteiger partial charge < -0.3 is 10.0 Å². The highest BCUT2D eigenvalue weighted by Crippen LogP contribution is 2.42.